The molecule has 2 aromatic carbocycles. The average molecular weight is 269 g/mol. The van der Waals surface area contributed by atoms with Crippen molar-refractivity contribution in [2.45, 2.75) is 32.4 Å². The van der Waals surface area contributed by atoms with Crippen molar-refractivity contribution in [3.8, 4) is 0 Å². The van der Waals surface area contributed by atoms with Crippen LogP contribution < -0.4 is 0 Å². The van der Waals surface area contributed by atoms with Crippen LogP contribution in [-0.2, 0) is 6.54 Å². The first-order chi connectivity index (χ1) is 9.72. The Hall–Kier alpha value is -1.67. The molecule has 1 unspecified atom stereocenters. The van der Waals surface area contributed by atoms with E-state index in [1.54, 1.807) is 6.07 Å². The van der Waals surface area contributed by atoms with Gasteiger partial charge in [0.15, 0.2) is 0 Å². The van der Waals surface area contributed by atoms with Crippen LogP contribution in [-0.4, -0.2) is 11.4 Å². The Labute approximate surface area is 120 Å². The maximum atomic E-state index is 13.4. The summed E-state index contributed by atoms with van der Waals surface area (Å²) in [6.07, 6.45) is 2.31. The van der Waals surface area contributed by atoms with E-state index in [0.717, 1.165) is 25.1 Å². The molecule has 0 bridgehead atoms. The molecule has 0 saturated carbocycles. The molecule has 1 saturated heterocycles. The van der Waals surface area contributed by atoms with Crippen molar-refractivity contribution in [2.24, 2.45) is 0 Å². The van der Waals surface area contributed by atoms with Gasteiger partial charge in [-0.3, -0.25) is 4.90 Å². The van der Waals surface area contributed by atoms with E-state index in [9.17, 15) is 4.39 Å². The van der Waals surface area contributed by atoms with Gasteiger partial charge in [-0.25, -0.2) is 4.39 Å². The molecule has 20 heavy (non-hydrogen) atoms. The summed E-state index contributed by atoms with van der Waals surface area (Å²) in [7, 11) is 0. The Morgan fingerprint density at radius 2 is 1.95 bits per heavy atom. The van der Waals surface area contributed by atoms with Gasteiger partial charge in [-0.15, -0.1) is 0 Å². The standard InChI is InChI=1S/C18H20FN/c1-14-7-9-15(10-8-14)13-20-11-3-6-18(20)16-4-2-5-17(19)12-16/h2,4-5,7-10,12,18H,3,6,11,13H2,1H3. The Balaban J connectivity index is 1.77. The lowest BCUT2D eigenvalue weighted by atomic mass is 10.0. The summed E-state index contributed by atoms with van der Waals surface area (Å²) in [6, 6.07) is 16.1. The van der Waals surface area contributed by atoms with Crippen molar-refractivity contribution >= 4 is 0 Å². The number of rotatable bonds is 3. The smallest absolute Gasteiger partial charge is 0.123 e. The maximum absolute atomic E-state index is 13.4. The SMILES string of the molecule is Cc1ccc(CN2CCCC2c2cccc(F)c2)cc1. The molecule has 0 amide bonds. The van der Waals surface area contributed by atoms with Crippen molar-refractivity contribution in [1.82, 2.24) is 4.90 Å². The highest BCUT2D eigenvalue weighted by Gasteiger charge is 2.26. The molecular formula is C18H20FN. The number of hydrogen-bond donors (Lipinski definition) is 0. The number of aryl methyl sites for hydroxylation is 1. The number of hydrogen-bond acceptors (Lipinski definition) is 1. The summed E-state index contributed by atoms with van der Waals surface area (Å²) in [4.78, 5) is 2.46. The van der Waals surface area contributed by atoms with Crippen LogP contribution in [0.5, 0.6) is 0 Å². The second kappa shape index (κ2) is 5.76. The molecule has 1 atom stereocenters. The van der Waals surface area contributed by atoms with Gasteiger partial charge in [0.1, 0.15) is 5.82 Å². The van der Waals surface area contributed by atoms with E-state index >= 15 is 0 Å². The van der Waals surface area contributed by atoms with Crippen LogP contribution in [0.4, 0.5) is 4.39 Å². The first-order valence-corrected chi connectivity index (χ1v) is 7.27. The lowest BCUT2D eigenvalue weighted by molar-refractivity contribution is 0.248. The van der Waals surface area contributed by atoms with Gasteiger partial charge in [-0.05, 0) is 49.6 Å². The highest BCUT2D eigenvalue weighted by atomic mass is 19.1. The van der Waals surface area contributed by atoms with Crippen LogP contribution in [0.2, 0.25) is 0 Å². The third-order valence-corrected chi connectivity index (χ3v) is 4.10. The van der Waals surface area contributed by atoms with Crippen molar-refractivity contribution in [3.63, 3.8) is 0 Å². The zero-order chi connectivity index (χ0) is 13.9. The second-order valence-corrected chi connectivity index (χ2v) is 5.67. The van der Waals surface area contributed by atoms with Gasteiger partial charge in [-0.2, -0.15) is 0 Å². The molecule has 1 fully saturated rings. The molecule has 0 radical (unpaired) electrons. The molecule has 0 spiro atoms. The topological polar surface area (TPSA) is 3.24 Å². The molecule has 2 heteroatoms. The van der Waals surface area contributed by atoms with Crippen molar-refractivity contribution in [3.05, 3.63) is 71.0 Å². The van der Waals surface area contributed by atoms with Gasteiger partial charge < -0.3 is 0 Å². The van der Waals surface area contributed by atoms with Crippen molar-refractivity contribution in [1.29, 1.82) is 0 Å². The Kier molecular flexibility index (Phi) is 3.83. The predicted octanol–water partition coefficient (Wildman–Crippen LogP) is 4.47. The summed E-state index contributed by atoms with van der Waals surface area (Å²) < 4.78 is 13.4. The summed E-state index contributed by atoms with van der Waals surface area (Å²) in [5.41, 5.74) is 3.73. The molecule has 104 valence electrons. The van der Waals surface area contributed by atoms with Crippen LogP contribution in [0.1, 0.15) is 35.6 Å². The summed E-state index contributed by atoms with van der Waals surface area (Å²) in [5, 5.41) is 0. The van der Waals surface area contributed by atoms with Crippen molar-refractivity contribution < 1.29 is 4.39 Å². The third-order valence-electron chi connectivity index (χ3n) is 4.10. The maximum Gasteiger partial charge on any atom is 0.123 e. The zero-order valence-electron chi connectivity index (χ0n) is 11.8. The minimum Gasteiger partial charge on any atom is -0.292 e. The Bertz CT molecular complexity index is 576. The van der Waals surface area contributed by atoms with Crippen LogP contribution in [0.25, 0.3) is 0 Å². The molecule has 1 nitrogen and oxygen atoms in total. The van der Waals surface area contributed by atoms with Gasteiger partial charge in [-0.1, -0.05) is 42.0 Å². The zero-order valence-corrected chi connectivity index (χ0v) is 11.8. The van der Waals surface area contributed by atoms with Crippen LogP contribution in [0.3, 0.4) is 0 Å². The molecule has 0 N–H and O–H groups in total. The van der Waals surface area contributed by atoms with E-state index in [1.165, 1.54) is 23.6 Å². The van der Waals surface area contributed by atoms with E-state index in [0.29, 0.717) is 6.04 Å². The molecular weight excluding hydrogens is 249 g/mol. The first kappa shape index (κ1) is 13.3. The number of nitrogens with zero attached hydrogens (tertiary/aromatic N) is 1. The van der Waals surface area contributed by atoms with Gasteiger partial charge in [0.05, 0.1) is 0 Å². The van der Waals surface area contributed by atoms with E-state index in [4.69, 9.17) is 0 Å². The lowest BCUT2D eigenvalue weighted by Crippen LogP contribution is -2.22. The molecule has 2 aromatic rings. The summed E-state index contributed by atoms with van der Waals surface area (Å²) >= 11 is 0. The van der Waals surface area contributed by atoms with Crippen LogP contribution >= 0.6 is 0 Å². The molecule has 1 heterocycles. The van der Waals surface area contributed by atoms with E-state index in [2.05, 4.69) is 36.1 Å². The molecule has 3 rings (SSSR count). The Morgan fingerprint density at radius 3 is 2.70 bits per heavy atom. The van der Waals surface area contributed by atoms with E-state index in [1.807, 2.05) is 12.1 Å². The highest BCUT2D eigenvalue weighted by molar-refractivity contribution is 5.24. The number of halogens is 1. The molecule has 1 aliphatic heterocycles. The highest BCUT2D eigenvalue weighted by Crippen LogP contribution is 2.33. The van der Waals surface area contributed by atoms with E-state index in [-0.39, 0.29) is 5.82 Å². The van der Waals surface area contributed by atoms with Crippen LogP contribution in [0.15, 0.2) is 48.5 Å². The predicted molar refractivity (Wildman–Crippen MR) is 80.0 cm³/mol. The monoisotopic (exact) mass is 269 g/mol. The average Bonchev–Trinajstić information content (AvgIpc) is 2.89. The fourth-order valence-corrected chi connectivity index (χ4v) is 3.03. The fourth-order valence-electron chi connectivity index (χ4n) is 3.03. The number of benzene rings is 2. The lowest BCUT2D eigenvalue weighted by Gasteiger charge is -2.25. The van der Waals surface area contributed by atoms with Gasteiger partial charge in [0.25, 0.3) is 0 Å². The summed E-state index contributed by atoms with van der Waals surface area (Å²) in [5.74, 6) is -0.135. The third kappa shape index (κ3) is 2.91. The normalized spacial score (nSPS) is 19.4. The Morgan fingerprint density at radius 1 is 1.15 bits per heavy atom. The molecule has 0 aliphatic carbocycles. The second-order valence-electron chi connectivity index (χ2n) is 5.67. The van der Waals surface area contributed by atoms with Crippen molar-refractivity contribution in [2.75, 3.05) is 6.54 Å². The molecule has 1 aliphatic rings. The summed E-state index contributed by atoms with van der Waals surface area (Å²) in [6.45, 7) is 4.14. The minimum absolute atomic E-state index is 0.135. The van der Waals surface area contributed by atoms with E-state index < -0.39 is 0 Å². The van der Waals surface area contributed by atoms with Gasteiger partial charge in [0, 0.05) is 12.6 Å². The van der Waals surface area contributed by atoms with Crippen LogP contribution in [0, 0.1) is 12.7 Å². The molecule has 0 aromatic heterocycles. The largest absolute Gasteiger partial charge is 0.292 e. The van der Waals surface area contributed by atoms with Gasteiger partial charge >= 0.3 is 0 Å². The number of likely N-dealkylation sites (tertiary alicyclic amines) is 1. The minimum atomic E-state index is -0.135. The fraction of sp³-hybridized carbons (Fsp3) is 0.333. The first-order valence-electron chi connectivity index (χ1n) is 7.27. The quantitative estimate of drug-likeness (QED) is 0.794. The van der Waals surface area contributed by atoms with Gasteiger partial charge in [0.2, 0.25) is 0 Å².